The van der Waals surface area contributed by atoms with Gasteiger partial charge in [-0.3, -0.25) is 4.79 Å². The Morgan fingerprint density at radius 3 is 2.61 bits per heavy atom. The lowest BCUT2D eigenvalue weighted by molar-refractivity contribution is 0.0749. The van der Waals surface area contributed by atoms with E-state index in [1.165, 1.54) is 16.5 Å². The first-order valence-corrected chi connectivity index (χ1v) is 17.1. The predicted octanol–water partition coefficient (Wildman–Crippen LogP) is 9.82. The molecular formula is C39H44IN3O. The molecule has 1 aromatic heterocycles. The van der Waals surface area contributed by atoms with Gasteiger partial charge < -0.3 is 10.3 Å². The lowest BCUT2D eigenvalue weighted by atomic mass is 9.96. The molecule has 0 bridgehead atoms. The van der Waals surface area contributed by atoms with Crippen molar-refractivity contribution in [1.29, 1.82) is 5.41 Å². The Labute approximate surface area is 276 Å². The van der Waals surface area contributed by atoms with Gasteiger partial charge in [-0.25, -0.2) is 4.98 Å². The number of amides is 1. The van der Waals surface area contributed by atoms with Gasteiger partial charge in [0.25, 0.3) is 5.91 Å². The van der Waals surface area contributed by atoms with Crippen LogP contribution < -0.4 is 0 Å². The summed E-state index contributed by atoms with van der Waals surface area (Å²) in [5.74, 6) is 0.971. The van der Waals surface area contributed by atoms with Gasteiger partial charge in [-0.15, -0.1) is 0 Å². The van der Waals surface area contributed by atoms with Crippen LogP contribution in [0, 0.1) is 11.3 Å². The lowest BCUT2D eigenvalue weighted by Gasteiger charge is -2.28. The zero-order chi connectivity index (χ0) is 31.1. The van der Waals surface area contributed by atoms with Crippen molar-refractivity contribution in [2.45, 2.75) is 68.6 Å². The van der Waals surface area contributed by atoms with Crippen LogP contribution in [0.25, 0.3) is 10.8 Å². The van der Waals surface area contributed by atoms with Crippen LogP contribution in [-0.2, 0) is 6.42 Å². The van der Waals surface area contributed by atoms with E-state index >= 15 is 0 Å². The minimum absolute atomic E-state index is 0.0214. The van der Waals surface area contributed by atoms with Gasteiger partial charge in [0, 0.05) is 27.8 Å². The second kappa shape index (κ2) is 14.6. The number of pyridine rings is 1. The Hall–Kier alpha value is -3.32. The number of halogens is 1. The Morgan fingerprint density at radius 1 is 1.14 bits per heavy atom. The molecule has 3 aromatic rings. The molecule has 0 radical (unpaired) electrons. The third-order valence-corrected chi connectivity index (χ3v) is 9.39. The second-order valence-corrected chi connectivity index (χ2v) is 15.1. The van der Waals surface area contributed by atoms with E-state index in [1.54, 1.807) is 0 Å². The molecule has 2 fully saturated rings. The molecule has 1 amide bonds. The first kappa shape index (κ1) is 32.1. The van der Waals surface area contributed by atoms with E-state index in [1.807, 2.05) is 42.2 Å². The summed E-state index contributed by atoms with van der Waals surface area (Å²) in [6.07, 6.45) is 18.5. The van der Waals surface area contributed by atoms with Crippen molar-refractivity contribution in [3.05, 3.63) is 125 Å². The second-order valence-electron chi connectivity index (χ2n) is 12.5. The van der Waals surface area contributed by atoms with Gasteiger partial charge in [-0.05, 0) is 87.0 Å². The number of carbonyl (C=O) groups is 1. The first-order chi connectivity index (χ1) is 21.3. The highest BCUT2D eigenvalue weighted by atomic mass is 127. The first-order valence-electron chi connectivity index (χ1n) is 16.0. The zero-order valence-corrected chi connectivity index (χ0v) is 28.4. The van der Waals surface area contributed by atoms with Gasteiger partial charge in [-0.1, -0.05) is 120 Å². The van der Waals surface area contributed by atoms with E-state index in [-0.39, 0.29) is 9.33 Å². The molecule has 4 nitrogen and oxygen atoms in total. The maximum atomic E-state index is 13.9. The molecule has 2 atom stereocenters. The molecule has 1 aliphatic carbocycles. The Bertz CT molecular complexity index is 1610. The molecule has 5 heteroatoms. The summed E-state index contributed by atoms with van der Waals surface area (Å²) in [7, 11) is 0. The summed E-state index contributed by atoms with van der Waals surface area (Å²) in [5.41, 5.74) is 5.69. The highest BCUT2D eigenvalue weighted by molar-refractivity contribution is 14.1. The van der Waals surface area contributed by atoms with E-state index in [4.69, 9.17) is 10.4 Å². The van der Waals surface area contributed by atoms with E-state index in [0.29, 0.717) is 36.3 Å². The maximum Gasteiger partial charge on any atom is 0.272 e. The third kappa shape index (κ3) is 8.44. The van der Waals surface area contributed by atoms with E-state index in [0.717, 1.165) is 55.2 Å². The van der Waals surface area contributed by atoms with Gasteiger partial charge in [0.05, 0.1) is 11.4 Å². The summed E-state index contributed by atoms with van der Waals surface area (Å²) in [5, 5.41) is 11.0. The molecule has 44 heavy (non-hydrogen) atoms. The molecule has 2 aromatic carbocycles. The van der Waals surface area contributed by atoms with Crippen LogP contribution in [0.2, 0.25) is 0 Å². The largest absolute Gasteiger partial charge is 0.336 e. The lowest BCUT2D eigenvalue weighted by Crippen LogP contribution is -2.39. The summed E-state index contributed by atoms with van der Waals surface area (Å²) >= 11 is 2.51. The number of allylic oxidation sites excluding steroid dienone is 7. The molecule has 2 heterocycles. The molecule has 2 unspecified atom stereocenters. The number of nitrogens with one attached hydrogen (secondary N) is 1. The van der Waals surface area contributed by atoms with Crippen molar-refractivity contribution in [1.82, 2.24) is 9.88 Å². The smallest absolute Gasteiger partial charge is 0.272 e. The van der Waals surface area contributed by atoms with Crippen LogP contribution in [0.4, 0.5) is 0 Å². The van der Waals surface area contributed by atoms with Gasteiger partial charge >= 0.3 is 0 Å². The number of nitrogens with zero attached hydrogens (tertiary/aromatic N) is 2. The summed E-state index contributed by atoms with van der Waals surface area (Å²) in [4.78, 5) is 20.8. The summed E-state index contributed by atoms with van der Waals surface area (Å²) in [6.45, 7) is 7.77. The van der Waals surface area contributed by atoms with Crippen LogP contribution in [0.5, 0.6) is 0 Å². The number of benzene rings is 2. The monoisotopic (exact) mass is 697 g/mol. The molecule has 1 aliphatic heterocycles. The van der Waals surface area contributed by atoms with E-state index in [2.05, 4.69) is 103 Å². The van der Waals surface area contributed by atoms with Crippen molar-refractivity contribution in [3.63, 3.8) is 0 Å². The average Bonchev–Trinajstić information content (AvgIpc) is 3.89. The number of aromatic nitrogens is 1. The van der Waals surface area contributed by atoms with Crippen LogP contribution in [0.1, 0.15) is 80.5 Å². The van der Waals surface area contributed by atoms with Gasteiger partial charge in [0.2, 0.25) is 0 Å². The standard InChI is InChI=1S/C39H44IN3O/c1-4-28(23-29-14-7-6-8-15-29)13-9-12-18-35(41)31(5-2)24-30-21-22-43(27-39(3,40)26-30)38(44)36-25-33-16-10-11-17-34(33)37(42-36)32-19-20-32/h5-18,24-25,28,32,41H,4,19-23,26-27H2,1-3H3/b13-9+,18-12+,30-24+,31-5?,41-35?. The predicted molar refractivity (Wildman–Crippen MR) is 193 cm³/mol. The minimum Gasteiger partial charge on any atom is -0.336 e. The molecule has 228 valence electrons. The number of carbonyl (C=O) groups excluding carboxylic acids is 1. The molecule has 5 rings (SSSR count). The van der Waals surface area contributed by atoms with Gasteiger partial charge in [-0.2, -0.15) is 0 Å². The van der Waals surface area contributed by atoms with Crippen LogP contribution in [0.15, 0.2) is 108 Å². The third-order valence-electron chi connectivity index (χ3n) is 8.66. The van der Waals surface area contributed by atoms with Crippen molar-refractivity contribution >= 4 is 45.0 Å². The summed E-state index contributed by atoms with van der Waals surface area (Å²) < 4.78 is -0.112. The van der Waals surface area contributed by atoms with E-state index < -0.39 is 0 Å². The van der Waals surface area contributed by atoms with Crippen molar-refractivity contribution in [3.8, 4) is 0 Å². The topological polar surface area (TPSA) is 57.1 Å². The summed E-state index contributed by atoms with van der Waals surface area (Å²) in [6, 6.07) is 20.9. The normalized spacial score (nSPS) is 21.3. The number of likely N-dealkylation sites (tertiary alicyclic amines) is 1. The molecule has 1 saturated carbocycles. The molecule has 1 saturated heterocycles. The van der Waals surface area contributed by atoms with Crippen molar-refractivity contribution < 1.29 is 4.79 Å². The fourth-order valence-electron chi connectivity index (χ4n) is 6.11. The zero-order valence-electron chi connectivity index (χ0n) is 26.2. The minimum atomic E-state index is -0.112. The molecule has 1 N–H and O–H groups in total. The van der Waals surface area contributed by atoms with E-state index in [9.17, 15) is 4.79 Å². The number of hydrogen-bond acceptors (Lipinski definition) is 3. The van der Waals surface area contributed by atoms with Gasteiger partial charge in [0.15, 0.2) is 0 Å². The number of alkyl halides is 1. The van der Waals surface area contributed by atoms with Crippen LogP contribution in [-0.4, -0.2) is 38.0 Å². The SMILES string of the molecule is CC=C(/C=C1\CCN(C(=O)c2cc3ccccc3c(C3CC3)n2)CC(C)(I)C1)C(=N)/C=C/C=C/C(CC)Cc1ccccc1. The van der Waals surface area contributed by atoms with Crippen molar-refractivity contribution in [2.24, 2.45) is 5.92 Å². The molecule has 2 aliphatic rings. The van der Waals surface area contributed by atoms with Crippen LogP contribution in [0.3, 0.4) is 0 Å². The number of rotatable bonds is 10. The Kier molecular flexibility index (Phi) is 10.7. The van der Waals surface area contributed by atoms with Crippen LogP contribution >= 0.6 is 22.6 Å². The number of fused-ring (bicyclic) bond motifs is 1. The van der Waals surface area contributed by atoms with Crippen molar-refractivity contribution in [2.75, 3.05) is 13.1 Å². The average molecular weight is 698 g/mol. The maximum absolute atomic E-state index is 13.9. The Balaban J connectivity index is 1.25. The fraction of sp³-hybridized carbons (Fsp3) is 0.359. The molecular weight excluding hydrogens is 653 g/mol. The molecule has 0 spiro atoms. The highest BCUT2D eigenvalue weighted by Gasteiger charge is 2.33. The fourth-order valence-corrected chi connectivity index (χ4v) is 7.01. The highest BCUT2D eigenvalue weighted by Crippen LogP contribution is 2.42. The Morgan fingerprint density at radius 2 is 1.89 bits per heavy atom. The number of hydrogen-bond donors (Lipinski definition) is 1. The quantitative estimate of drug-likeness (QED) is 0.0993. The van der Waals surface area contributed by atoms with Gasteiger partial charge in [0.1, 0.15) is 5.69 Å².